The second-order valence-corrected chi connectivity index (χ2v) is 8.82. The van der Waals surface area contributed by atoms with Crippen molar-refractivity contribution in [2.75, 3.05) is 57.3 Å². The number of benzene rings is 1. The van der Waals surface area contributed by atoms with Gasteiger partial charge in [0.15, 0.2) is 0 Å². The van der Waals surface area contributed by atoms with E-state index in [1.165, 1.54) is 31.6 Å². The minimum absolute atomic E-state index is 0.0446. The van der Waals surface area contributed by atoms with Crippen molar-refractivity contribution in [1.82, 2.24) is 15.1 Å². The lowest BCUT2D eigenvalue weighted by molar-refractivity contribution is 0.0950. The van der Waals surface area contributed by atoms with E-state index in [0.717, 1.165) is 57.2 Å². The van der Waals surface area contributed by atoms with E-state index in [4.69, 9.17) is 0 Å². The van der Waals surface area contributed by atoms with Gasteiger partial charge in [0.25, 0.3) is 5.91 Å². The highest BCUT2D eigenvalue weighted by Crippen LogP contribution is 2.18. The Morgan fingerprint density at radius 3 is 2.46 bits per heavy atom. The third-order valence-corrected chi connectivity index (χ3v) is 6.22. The van der Waals surface area contributed by atoms with Crippen LogP contribution in [0.4, 0.5) is 5.69 Å². The van der Waals surface area contributed by atoms with Gasteiger partial charge in [-0.15, -0.1) is 0 Å². The zero-order chi connectivity index (χ0) is 19.9. The van der Waals surface area contributed by atoms with Crippen molar-refractivity contribution >= 4 is 11.6 Å². The molecule has 0 spiro atoms. The maximum atomic E-state index is 12.4. The number of hydrogen-bond acceptors (Lipinski definition) is 4. The van der Waals surface area contributed by atoms with Gasteiger partial charge in [0.05, 0.1) is 0 Å². The van der Waals surface area contributed by atoms with Gasteiger partial charge in [-0.3, -0.25) is 9.69 Å². The first-order valence-electron chi connectivity index (χ1n) is 11.1. The number of carbonyl (C=O) groups excluding carboxylic acids is 1. The van der Waals surface area contributed by atoms with Crippen LogP contribution in [0.1, 0.15) is 50.4 Å². The predicted octanol–water partition coefficient (Wildman–Crippen LogP) is 3.07. The molecule has 3 rings (SSSR count). The summed E-state index contributed by atoms with van der Waals surface area (Å²) in [5.74, 6) is 0.860. The minimum atomic E-state index is 0.0446. The van der Waals surface area contributed by atoms with Gasteiger partial charge >= 0.3 is 0 Å². The number of rotatable bonds is 7. The standard InChI is InChI=1S/C23H38N4O/c1-19(2)26-14-16-27(17-15-26)22-9-7-21(8-10-22)23(28)24-11-5-13-25-12-4-6-20(3)18-25/h7-10,19-20H,4-6,11-18H2,1-3H3,(H,24,28). The fourth-order valence-electron chi connectivity index (χ4n) is 4.42. The molecule has 156 valence electrons. The Kier molecular flexibility index (Phi) is 7.74. The first-order valence-corrected chi connectivity index (χ1v) is 11.1. The zero-order valence-electron chi connectivity index (χ0n) is 18.0. The Labute approximate surface area is 171 Å². The number of piperazine rings is 1. The second kappa shape index (κ2) is 10.3. The van der Waals surface area contributed by atoms with Crippen LogP contribution < -0.4 is 10.2 Å². The summed E-state index contributed by atoms with van der Waals surface area (Å²) < 4.78 is 0. The average molecular weight is 387 g/mol. The molecule has 0 aliphatic carbocycles. The molecule has 5 heteroatoms. The van der Waals surface area contributed by atoms with E-state index in [0.29, 0.717) is 6.04 Å². The lowest BCUT2D eigenvalue weighted by Gasteiger charge is -2.38. The molecule has 0 saturated carbocycles. The van der Waals surface area contributed by atoms with Crippen LogP contribution in [-0.2, 0) is 0 Å². The van der Waals surface area contributed by atoms with Gasteiger partial charge in [-0.05, 0) is 76.4 Å². The molecule has 2 aliphatic heterocycles. The van der Waals surface area contributed by atoms with Gasteiger partial charge in [0.1, 0.15) is 0 Å². The highest BCUT2D eigenvalue weighted by Gasteiger charge is 2.19. The van der Waals surface area contributed by atoms with Gasteiger partial charge in [0, 0.05) is 56.6 Å². The molecule has 2 saturated heterocycles. The molecule has 28 heavy (non-hydrogen) atoms. The maximum Gasteiger partial charge on any atom is 0.251 e. The summed E-state index contributed by atoms with van der Waals surface area (Å²) in [6.07, 6.45) is 3.69. The molecule has 5 nitrogen and oxygen atoms in total. The molecule has 0 radical (unpaired) electrons. The third kappa shape index (κ3) is 5.95. The van der Waals surface area contributed by atoms with Crippen LogP contribution in [0.3, 0.4) is 0 Å². The molecular formula is C23H38N4O. The number of hydrogen-bond donors (Lipinski definition) is 1. The monoisotopic (exact) mass is 386 g/mol. The lowest BCUT2D eigenvalue weighted by atomic mass is 10.0. The van der Waals surface area contributed by atoms with Crippen LogP contribution in [0.5, 0.6) is 0 Å². The fraction of sp³-hybridized carbons (Fsp3) is 0.696. The molecule has 1 atom stereocenters. The zero-order valence-corrected chi connectivity index (χ0v) is 18.0. The SMILES string of the molecule is CC1CCCN(CCCNC(=O)c2ccc(N3CCN(C(C)C)CC3)cc2)C1. The molecule has 2 heterocycles. The van der Waals surface area contributed by atoms with E-state index < -0.39 is 0 Å². The van der Waals surface area contributed by atoms with Crippen LogP contribution in [0, 0.1) is 5.92 Å². The quantitative estimate of drug-likeness (QED) is 0.731. The van der Waals surface area contributed by atoms with E-state index in [2.05, 4.69) is 52.9 Å². The van der Waals surface area contributed by atoms with Crippen molar-refractivity contribution in [1.29, 1.82) is 0 Å². The van der Waals surface area contributed by atoms with Crippen LogP contribution >= 0.6 is 0 Å². The summed E-state index contributed by atoms with van der Waals surface area (Å²) in [5, 5.41) is 3.08. The number of likely N-dealkylation sites (tertiary alicyclic amines) is 1. The number of nitrogens with one attached hydrogen (secondary N) is 1. The van der Waals surface area contributed by atoms with Crippen molar-refractivity contribution < 1.29 is 4.79 Å². The first-order chi connectivity index (χ1) is 13.5. The molecule has 1 aromatic rings. The largest absolute Gasteiger partial charge is 0.369 e. The Hall–Kier alpha value is -1.59. The summed E-state index contributed by atoms with van der Waals surface area (Å²) in [5.41, 5.74) is 1.98. The second-order valence-electron chi connectivity index (χ2n) is 8.82. The Bertz CT molecular complexity index is 608. The number of anilines is 1. The van der Waals surface area contributed by atoms with E-state index >= 15 is 0 Å². The number of piperidine rings is 1. The summed E-state index contributed by atoms with van der Waals surface area (Å²) in [7, 11) is 0. The van der Waals surface area contributed by atoms with Crippen molar-refractivity contribution in [3.63, 3.8) is 0 Å². The van der Waals surface area contributed by atoms with Crippen LogP contribution in [0.25, 0.3) is 0 Å². The summed E-state index contributed by atoms with van der Waals surface area (Å²) in [4.78, 5) is 19.9. The molecule has 1 amide bonds. The molecule has 0 aromatic heterocycles. The summed E-state index contributed by atoms with van der Waals surface area (Å²) >= 11 is 0. The van der Waals surface area contributed by atoms with E-state index in [1.54, 1.807) is 0 Å². The Morgan fingerprint density at radius 1 is 1.11 bits per heavy atom. The number of amides is 1. The molecule has 1 aromatic carbocycles. The number of carbonyl (C=O) groups is 1. The Balaban J connectivity index is 1.39. The summed E-state index contributed by atoms with van der Waals surface area (Å²) in [6, 6.07) is 8.73. The first kappa shape index (κ1) is 21.1. The Morgan fingerprint density at radius 2 is 1.82 bits per heavy atom. The third-order valence-electron chi connectivity index (χ3n) is 6.22. The van der Waals surface area contributed by atoms with Crippen LogP contribution in [0.2, 0.25) is 0 Å². The van der Waals surface area contributed by atoms with E-state index in [-0.39, 0.29) is 5.91 Å². The van der Waals surface area contributed by atoms with E-state index in [1.807, 2.05) is 12.1 Å². The van der Waals surface area contributed by atoms with Crippen molar-refractivity contribution in [2.45, 2.75) is 46.1 Å². The van der Waals surface area contributed by atoms with Gasteiger partial charge in [0.2, 0.25) is 0 Å². The average Bonchev–Trinajstić information content (AvgIpc) is 2.71. The van der Waals surface area contributed by atoms with Gasteiger partial charge < -0.3 is 15.1 Å². The van der Waals surface area contributed by atoms with Crippen molar-refractivity contribution in [3.8, 4) is 0 Å². The highest BCUT2D eigenvalue weighted by molar-refractivity contribution is 5.94. The smallest absolute Gasteiger partial charge is 0.251 e. The molecule has 0 bridgehead atoms. The minimum Gasteiger partial charge on any atom is -0.369 e. The van der Waals surface area contributed by atoms with E-state index in [9.17, 15) is 4.79 Å². The van der Waals surface area contributed by atoms with Crippen LogP contribution in [0.15, 0.2) is 24.3 Å². The highest BCUT2D eigenvalue weighted by atomic mass is 16.1. The van der Waals surface area contributed by atoms with Gasteiger partial charge in [-0.2, -0.15) is 0 Å². The predicted molar refractivity (Wildman–Crippen MR) is 117 cm³/mol. The van der Waals surface area contributed by atoms with Crippen molar-refractivity contribution in [2.24, 2.45) is 5.92 Å². The molecular weight excluding hydrogens is 348 g/mol. The maximum absolute atomic E-state index is 12.4. The lowest BCUT2D eigenvalue weighted by Crippen LogP contribution is -2.48. The van der Waals surface area contributed by atoms with Gasteiger partial charge in [-0.1, -0.05) is 6.92 Å². The summed E-state index contributed by atoms with van der Waals surface area (Å²) in [6.45, 7) is 15.4. The van der Waals surface area contributed by atoms with Gasteiger partial charge in [-0.25, -0.2) is 0 Å². The molecule has 1 unspecified atom stereocenters. The molecule has 1 N–H and O–H groups in total. The normalized spacial score (nSPS) is 21.9. The number of nitrogens with zero attached hydrogens (tertiary/aromatic N) is 3. The molecule has 2 fully saturated rings. The molecule has 2 aliphatic rings. The topological polar surface area (TPSA) is 38.8 Å². The fourth-order valence-corrected chi connectivity index (χ4v) is 4.42. The van der Waals surface area contributed by atoms with Crippen LogP contribution in [-0.4, -0.2) is 74.1 Å². The van der Waals surface area contributed by atoms with Crippen molar-refractivity contribution in [3.05, 3.63) is 29.8 Å².